The van der Waals surface area contributed by atoms with Gasteiger partial charge in [0.25, 0.3) is 0 Å². The molecule has 0 spiro atoms. The molecule has 0 aliphatic rings. The van der Waals surface area contributed by atoms with Crippen molar-refractivity contribution in [1.82, 2.24) is 5.32 Å². The van der Waals surface area contributed by atoms with Crippen molar-refractivity contribution in [3.05, 3.63) is 65.2 Å². The van der Waals surface area contributed by atoms with Crippen molar-refractivity contribution in [2.75, 3.05) is 11.9 Å². The van der Waals surface area contributed by atoms with E-state index < -0.39 is 0 Å². The molecule has 2 aromatic carbocycles. The second-order valence-corrected chi connectivity index (χ2v) is 5.52. The Morgan fingerprint density at radius 2 is 1.82 bits per heavy atom. The van der Waals surface area contributed by atoms with Crippen LogP contribution >= 0.6 is 0 Å². The van der Waals surface area contributed by atoms with Gasteiger partial charge in [0.05, 0.1) is 6.54 Å². The number of aryl methyl sites for hydroxylation is 2. The monoisotopic (exact) mass is 296 g/mol. The Labute approximate surface area is 132 Å². The molecule has 0 aliphatic heterocycles. The molecular weight excluding hydrogens is 272 g/mol. The van der Waals surface area contributed by atoms with Crippen LogP contribution in [0.3, 0.4) is 0 Å². The average Bonchev–Trinajstić information content (AvgIpc) is 2.55. The number of amides is 1. The van der Waals surface area contributed by atoms with Crippen molar-refractivity contribution < 1.29 is 4.79 Å². The number of hydrogen-bond acceptors (Lipinski definition) is 2. The van der Waals surface area contributed by atoms with Crippen LogP contribution in [-0.2, 0) is 11.2 Å². The van der Waals surface area contributed by atoms with Gasteiger partial charge in [-0.1, -0.05) is 55.5 Å². The summed E-state index contributed by atoms with van der Waals surface area (Å²) in [6.45, 7) is 6.48. The molecule has 0 aliphatic carbocycles. The van der Waals surface area contributed by atoms with Crippen molar-refractivity contribution in [3.8, 4) is 0 Å². The fourth-order valence-electron chi connectivity index (χ4n) is 2.49. The number of para-hydroxylation sites is 1. The van der Waals surface area contributed by atoms with Crippen molar-refractivity contribution >= 4 is 11.6 Å². The van der Waals surface area contributed by atoms with Gasteiger partial charge in [-0.05, 0) is 37.0 Å². The quantitative estimate of drug-likeness (QED) is 0.850. The number of rotatable bonds is 6. The summed E-state index contributed by atoms with van der Waals surface area (Å²) in [6.07, 6.45) is 0.908. The third-order valence-corrected chi connectivity index (χ3v) is 3.87. The Morgan fingerprint density at radius 3 is 2.50 bits per heavy atom. The Bertz CT molecular complexity index is 623. The maximum Gasteiger partial charge on any atom is 0.238 e. The van der Waals surface area contributed by atoms with Crippen LogP contribution in [0.25, 0.3) is 0 Å². The van der Waals surface area contributed by atoms with E-state index in [2.05, 4.69) is 42.7 Å². The number of nitrogens with one attached hydrogen (secondary N) is 2. The SMILES string of the molecule is CCc1cccc(C)c1NC(=O)CN[C@@H](C)c1ccccc1. The van der Waals surface area contributed by atoms with Crippen molar-refractivity contribution in [2.45, 2.75) is 33.2 Å². The summed E-state index contributed by atoms with van der Waals surface area (Å²) in [4.78, 5) is 12.2. The highest BCUT2D eigenvalue weighted by atomic mass is 16.1. The molecule has 0 bridgehead atoms. The molecule has 0 saturated carbocycles. The molecule has 1 amide bonds. The van der Waals surface area contributed by atoms with Crippen LogP contribution in [0.2, 0.25) is 0 Å². The van der Waals surface area contributed by atoms with Crippen LogP contribution in [0.1, 0.15) is 36.6 Å². The van der Waals surface area contributed by atoms with E-state index in [1.807, 2.05) is 37.3 Å². The topological polar surface area (TPSA) is 41.1 Å². The zero-order chi connectivity index (χ0) is 15.9. The van der Waals surface area contributed by atoms with Gasteiger partial charge in [-0.15, -0.1) is 0 Å². The zero-order valence-corrected chi connectivity index (χ0v) is 13.5. The minimum absolute atomic E-state index is 0.00761. The number of benzene rings is 2. The summed E-state index contributed by atoms with van der Waals surface area (Å²) in [5.74, 6) is -0.00761. The fourth-order valence-corrected chi connectivity index (χ4v) is 2.49. The third-order valence-electron chi connectivity index (χ3n) is 3.87. The first-order chi connectivity index (χ1) is 10.6. The van der Waals surface area contributed by atoms with E-state index in [1.165, 1.54) is 11.1 Å². The number of carbonyl (C=O) groups is 1. The van der Waals surface area contributed by atoms with E-state index >= 15 is 0 Å². The second-order valence-electron chi connectivity index (χ2n) is 5.52. The molecule has 0 heterocycles. The van der Waals surface area contributed by atoms with Crippen LogP contribution < -0.4 is 10.6 Å². The smallest absolute Gasteiger partial charge is 0.238 e. The summed E-state index contributed by atoms with van der Waals surface area (Å²) >= 11 is 0. The zero-order valence-electron chi connectivity index (χ0n) is 13.5. The van der Waals surface area contributed by atoms with Gasteiger partial charge in [-0.3, -0.25) is 4.79 Å². The van der Waals surface area contributed by atoms with Gasteiger partial charge < -0.3 is 10.6 Å². The lowest BCUT2D eigenvalue weighted by molar-refractivity contribution is -0.115. The molecule has 2 rings (SSSR count). The van der Waals surface area contributed by atoms with Gasteiger partial charge in [-0.25, -0.2) is 0 Å². The molecule has 0 fully saturated rings. The Balaban J connectivity index is 1.94. The van der Waals surface area contributed by atoms with Crippen molar-refractivity contribution in [2.24, 2.45) is 0 Å². The van der Waals surface area contributed by atoms with Gasteiger partial charge in [0.15, 0.2) is 0 Å². The molecule has 2 aromatic rings. The Kier molecular flexibility index (Phi) is 5.73. The van der Waals surface area contributed by atoms with Crippen LogP contribution in [0.5, 0.6) is 0 Å². The first-order valence-electron chi connectivity index (χ1n) is 7.78. The molecule has 0 unspecified atom stereocenters. The minimum Gasteiger partial charge on any atom is -0.324 e. The van der Waals surface area contributed by atoms with Gasteiger partial charge in [0, 0.05) is 11.7 Å². The predicted octanol–water partition coefficient (Wildman–Crippen LogP) is 3.85. The van der Waals surface area contributed by atoms with Crippen LogP contribution in [-0.4, -0.2) is 12.5 Å². The highest BCUT2D eigenvalue weighted by Crippen LogP contribution is 2.21. The summed E-state index contributed by atoms with van der Waals surface area (Å²) in [5, 5.41) is 6.30. The van der Waals surface area contributed by atoms with E-state index in [-0.39, 0.29) is 11.9 Å². The first kappa shape index (κ1) is 16.2. The molecule has 3 heteroatoms. The lowest BCUT2D eigenvalue weighted by Gasteiger charge is -2.16. The molecule has 3 nitrogen and oxygen atoms in total. The number of hydrogen-bond donors (Lipinski definition) is 2. The van der Waals surface area contributed by atoms with Gasteiger partial charge in [0.2, 0.25) is 5.91 Å². The molecule has 116 valence electrons. The van der Waals surface area contributed by atoms with E-state index in [0.29, 0.717) is 6.54 Å². The Morgan fingerprint density at radius 1 is 1.09 bits per heavy atom. The lowest BCUT2D eigenvalue weighted by Crippen LogP contribution is -2.30. The van der Waals surface area contributed by atoms with Crippen molar-refractivity contribution in [3.63, 3.8) is 0 Å². The summed E-state index contributed by atoms with van der Waals surface area (Å²) in [5.41, 5.74) is 4.40. The summed E-state index contributed by atoms with van der Waals surface area (Å²) in [6, 6.07) is 16.4. The normalized spacial score (nSPS) is 12.0. The maximum absolute atomic E-state index is 12.2. The largest absolute Gasteiger partial charge is 0.324 e. The van der Waals surface area contributed by atoms with Gasteiger partial charge in [-0.2, -0.15) is 0 Å². The van der Waals surface area contributed by atoms with Gasteiger partial charge in [0.1, 0.15) is 0 Å². The second kappa shape index (κ2) is 7.76. The molecule has 0 radical (unpaired) electrons. The number of anilines is 1. The minimum atomic E-state index is -0.00761. The van der Waals surface area contributed by atoms with Crippen LogP contribution in [0.4, 0.5) is 5.69 Å². The number of carbonyl (C=O) groups excluding carboxylic acids is 1. The highest BCUT2D eigenvalue weighted by Gasteiger charge is 2.10. The third kappa shape index (κ3) is 4.18. The van der Waals surface area contributed by atoms with Crippen molar-refractivity contribution in [1.29, 1.82) is 0 Å². The molecule has 0 saturated heterocycles. The van der Waals surface area contributed by atoms with Gasteiger partial charge >= 0.3 is 0 Å². The maximum atomic E-state index is 12.2. The Hall–Kier alpha value is -2.13. The molecule has 22 heavy (non-hydrogen) atoms. The van der Waals surface area contributed by atoms with E-state index in [0.717, 1.165) is 17.7 Å². The predicted molar refractivity (Wildman–Crippen MR) is 92.0 cm³/mol. The van der Waals surface area contributed by atoms with Crippen LogP contribution in [0.15, 0.2) is 48.5 Å². The van der Waals surface area contributed by atoms with E-state index in [4.69, 9.17) is 0 Å². The first-order valence-corrected chi connectivity index (χ1v) is 7.78. The molecule has 1 atom stereocenters. The molecule has 0 aromatic heterocycles. The highest BCUT2D eigenvalue weighted by molar-refractivity contribution is 5.93. The molecular formula is C19H24N2O. The van der Waals surface area contributed by atoms with E-state index in [1.54, 1.807) is 0 Å². The average molecular weight is 296 g/mol. The van der Waals surface area contributed by atoms with E-state index in [9.17, 15) is 4.79 Å². The fraction of sp³-hybridized carbons (Fsp3) is 0.316. The van der Waals surface area contributed by atoms with Crippen LogP contribution in [0, 0.1) is 6.92 Å². The standard InChI is InChI=1S/C19H24N2O/c1-4-16-12-8-9-14(2)19(16)21-18(22)13-20-15(3)17-10-6-5-7-11-17/h5-12,15,20H,4,13H2,1-3H3,(H,21,22)/t15-/m0/s1. The summed E-state index contributed by atoms with van der Waals surface area (Å²) < 4.78 is 0. The molecule has 2 N–H and O–H groups in total. The lowest BCUT2D eigenvalue weighted by atomic mass is 10.1. The summed E-state index contributed by atoms with van der Waals surface area (Å²) in [7, 11) is 0.